The van der Waals surface area contributed by atoms with Crippen molar-refractivity contribution >= 4 is 29.1 Å². The van der Waals surface area contributed by atoms with Gasteiger partial charge in [0, 0.05) is 5.56 Å². The zero-order chi connectivity index (χ0) is 11.5. The standard InChI is InChI=1S/C9H4Cl2F3P/c10-15(11)6-5-7-1-3-8(4-2-7)9(12,13)14/h1-4H. The average molecular weight is 271 g/mol. The fourth-order valence-corrected chi connectivity index (χ4v) is 1.32. The van der Waals surface area contributed by atoms with Crippen LogP contribution in [0.5, 0.6) is 0 Å². The van der Waals surface area contributed by atoms with Crippen molar-refractivity contribution in [1.29, 1.82) is 0 Å². The molecule has 0 fully saturated rings. The summed E-state index contributed by atoms with van der Waals surface area (Å²) in [6, 6.07) is 4.49. The lowest BCUT2D eigenvalue weighted by Crippen LogP contribution is -2.03. The van der Waals surface area contributed by atoms with E-state index in [1.807, 2.05) is 0 Å². The van der Waals surface area contributed by atoms with E-state index in [1.165, 1.54) is 12.1 Å². The summed E-state index contributed by atoms with van der Waals surface area (Å²) in [4.78, 5) is 0. The Morgan fingerprint density at radius 3 is 2.00 bits per heavy atom. The highest BCUT2D eigenvalue weighted by Gasteiger charge is 2.29. The third-order valence-corrected chi connectivity index (χ3v) is 2.28. The van der Waals surface area contributed by atoms with Gasteiger partial charge in [0.1, 0.15) is 0 Å². The number of rotatable bonds is 0. The Balaban J connectivity index is 2.88. The molecule has 6 heteroatoms. The molecule has 1 aromatic rings. The Morgan fingerprint density at radius 2 is 1.60 bits per heavy atom. The molecule has 0 aromatic heterocycles. The van der Waals surface area contributed by atoms with Crippen LogP contribution >= 0.6 is 29.1 Å². The van der Waals surface area contributed by atoms with Gasteiger partial charge in [-0.05, 0) is 29.9 Å². The highest BCUT2D eigenvalue weighted by Crippen LogP contribution is 2.45. The molecule has 15 heavy (non-hydrogen) atoms. The molecular formula is C9H4Cl2F3P. The van der Waals surface area contributed by atoms with Crippen molar-refractivity contribution in [3.8, 4) is 11.6 Å². The number of halogens is 5. The van der Waals surface area contributed by atoms with E-state index >= 15 is 0 Å². The monoisotopic (exact) mass is 270 g/mol. The van der Waals surface area contributed by atoms with Crippen LogP contribution in [0.15, 0.2) is 24.3 Å². The van der Waals surface area contributed by atoms with Crippen molar-refractivity contribution in [1.82, 2.24) is 0 Å². The predicted octanol–water partition coefficient (Wildman–Crippen LogP) is 4.80. The maximum atomic E-state index is 12.2. The Bertz CT molecular complexity index is 387. The summed E-state index contributed by atoms with van der Waals surface area (Å²) in [5.74, 6) is 2.57. The maximum absolute atomic E-state index is 12.2. The quantitative estimate of drug-likeness (QED) is 0.469. The Morgan fingerprint density at radius 1 is 1.07 bits per heavy atom. The van der Waals surface area contributed by atoms with E-state index < -0.39 is 18.4 Å². The first-order chi connectivity index (χ1) is 6.89. The van der Waals surface area contributed by atoms with Gasteiger partial charge in [0.25, 0.3) is 0 Å². The number of hydrogen-bond acceptors (Lipinski definition) is 0. The van der Waals surface area contributed by atoms with E-state index in [4.69, 9.17) is 22.5 Å². The highest BCUT2D eigenvalue weighted by atomic mass is 35.9. The zero-order valence-corrected chi connectivity index (χ0v) is 9.55. The van der Waals surface area contributed by atoms with E-state index in [1.54, 1.807) is 0 Å². The predicted molar refractivity (Wildman–Crippen MR) is 56.9 cm³/mol. The van der Waals surface area contributed by atoms with E-state index in [2.05, 4.69) is 11.6 Å². The lowest BCUT2D eigenvalue weighted by molar-refractivity contribution is -0.137. The van der Waals surface area contributed by atoms with Crippen LogP contribution in [0.1, 0.15) is 11.1 Å². The summed E-state index contributed by atoms with van der Waals surface area (Å²) in [5.41, 5.74) is 2.24. The minimum atomic E-state index is -4.32. The fraction of sp³-hybridized carbons (Fsp3) is 0.111. The van der Waals surface area contributed by atoms with Crippen LogP contribution in [-0.4, -0.2) is 0 Å². The highest BCUT2D eigenvalue weighted by molar-refractivity contribution is 8.07. The largest absolute Gasteiger partial charge is 0.416 e. The first-order valence-corrected chi connectivity index (χ1v) is 6.85. The van der Waals surface area contributed by atoms with Crippen molar-refractivity contribution < 1.29 is 13.2 Å². The minimum absolute atomic E-state index is 0.455. The van der Waals surface area contributed by atoms with Crippen LogP contribution in [-0.2, 0) is 6.18 Å². The molecule has 0 aliphatic rings. The molecule has 0 bridgehead atoms. The topological polar surface area (TPSA) is 0 Å². The number of alkyl halides is 3. The van der Waals surface area contributed by atoms with Gasteiger partial charge >= 0.3 is 6.18 Å². The lowest BCUT2D eigenvalue weighted by Gasteiger charge is -2.05. The van der Waals surface area contributed by atoms with Gasteiger partial charge in [-0.2, -0.15) is 13.2 Å². The molecule has 0 amide bonds. The van der Waals surface area contributed by atoms with E-state index in [9.17, 15) is 13.2 Å². The molecule has 80 valence electrons. The third-order valence-electron chi connectivity index (χ3n) is 1.50. The van der Waals surface area contributed by atoms with Gasteiger partial charge in [-0.3, -0.25) is 0 Å². The SMILES string of the molecule is FC(F)(F)c1ccc(C#CP(Cl)Cl)cc1. The molecule has 0 aliphatic carbocycles. The van der Waals surface area contributed by atoms with Gasteiger partial charge < -0.3 is 0 Å². The molecule has 0 spiro atoms. The van der Waals surface area contributed by atoms with E-state index in [0.29, 0.717) is 5.56 Å². The summed E-state index contributed by atoms with van der Waals surface area (Å²) < 4.78 is 36.5. The van der Waals surface area contributed by atoms with Crippen LogP contribution in [0.25, 0.3) is 0 Å². The summed E-state index contributed by atoms with van der Waals surface area (Å²) in [5, 5.41) is 0. The van der Waals surface area contributed by atoms with Crippen LogP contribution in [0, 0.1) is 11.6 Å². The Labute approximate surface area is 95.7 Å². The summed E-state index contributed by atoms with van der Waals surface area (Å²) in [6.45, 7) is -1.39. The van der Waals surface area contributed by atoms with Gasteiger partial charge in [0.15, 0.2) is 6.63 Å². The zero-order valence-electron chi connectivity index (χ0n) is 7.15. The average Bonchev–Trinajstić information content (AvgIpc) is 2.14. The summed E-state index contributed by atoms with van der Waals surface area (Å²) >= 11 is 10.8. The number of hydrogen-bond donors (Lipinski definition) is 0. The fourth-order valence-electron chi connectivity index (χ4n) is 0.849. The van der Waals surface area contributed by atoms with Gasteiger partial charge in [-0.15, -0.1) is 0 Å². The van der Waals surface area contributed by atoms with Crippen molar-refractivity contribution in [2.75, 3.05) is 0 Å². The Kier molecular flexibility index (Phi) is 4.28. The second-order valence-electron chi connectivity index (χ2n) is 2.54. The normalized spacial score (nSPS) is 11.1. The van der Waals surface area contributed by atoms with Crippen molar-refractivity contribution in [3.05, 3.63) is 35.4 Å². The maximum Gasteiger partial charge on any atom is 0.416 e. The first kappa shape index (κ1) is 12.6. The van der Waals surface area contributed by atoms with Crippen LogP contribution in [0.4, 0.5) is 13.2 Å². The third kappa shape index (κ3) is 4.30. The molecule has 0 saturated heterocycles. The van der Waals surface area contributed by atoms with Crippen molar-refractivity contribution in [3.63, 3.8) is 0 Å². The minimum Gasteiger partial charge on any atom is -0.166 e. The van der Waals surface area contributed by atoms with Gasteiger partial charge in [0.05, 0.1) is 5.56 Å². The molecule has 0 radical (unpaired) electrons. The van der Waals surface area contributed by atoms with Crippen LogP contribution in [0.3, 0.4) is 0 Å². The van der Waals surface area contributed by atoms with Gasteiger partial charge in [-0.1, -0.05) is 28.4 Å². The molecule has 0 saturated carbocycles. The molecule has 0 aliphatic heterocycles. The second-order valence-corrected chi connectivity index (χ2v) is 5.78. The molecule has 0 nitrogen and oxygen atoms in total. The first-order valence-electron chi connectivity index (χ1n) is 3.70. The smallest absolute Gasteiger partial charge is 0.166 e. The molecule has 0 N–H and O–H groups in total. The van der Waals surface area contributed by atoms with Crippen molar-refractivity contribution in [2.24, 2.45) is 0 Å². The molecule has 0 unspecified atom stereocenters. The van der Waals surface area contributed by atoms with E-state index in [0.717, 1.165) is 12.1 Å². The van der Waals surface area contributed by atoms with Crippen molar-refractivity contribution in [2.45, 2.75) is 6.18 Å². The van der Waals surface area contributed by atoms with Gasteiger partial charge in [-0.25, -0.2) is 0 Å². The van der Waals surface area contributed by atoms with Crippen LogP contribution in [0.2, 0.25) is 0 Å². The molecule has 0 atom stereocenters. The molecule has 1 aromatic carbocycles. The Hall–Kier alpha value is -0.420. The molecular weight excluding hydrogens is 267 g/mol. The van der Waals surface area contributed by atoms with Crippen LogP contribution < -0.4 is 0 Å². The number of benzene rings is 1. The second kappa shape index (κ2) is 5.07. The summed E-state index contributed by atoms with van der Waals surface area (Å²) in [7, 11) is 0. The van der Waals surface area contributed by atoms with E-state index in [-0.39, 0.29) is 0 Å². The summed E-state index contributed by atoms with van der Waals surface area (Å²) in [6.07, 6.45) is -4.32. The lowest BCUT2D eigenvalue weighted by atomic mass is 10.1. The molecule has 0 heterocycles. The molecule has 1 rings (SSSR count). The van der Waals surface area contributed by atoms with Gasteiger partial charge in [0.2, 0.25) is 0 Å².